The average molecular weight is 405 g/mol. The molecule has 0 atom stereocenters. The minimum absolute atomic E-state index is 0.0769. The molecule has 0 aliphatic heterocycles. The van der Waals surface area contributed by atoms with Crippen LogP contribution < -0.4 is 0 Å². The molecule has 0 unspecified atom stereocenters. The minimum Gasteiger partial charge on any atom is -0.463 e. The van der Waals surface area contributed by atoms with E-state index in [0.717, 1.165) is 4.90 Å². The molecular weight excluding hydrogens is 383 g/mol. The molecule has 26 heavy (non-hydrogen) atoms. The summed E-state index contributed by atoms with van der Waals surface area (Å²) in [6.45, 7) is 5.95. The smallest absolute Gasteiger partial charge is 0.463 e. The number of esters is 1. The molecule has 0 rings (SSSR count). The normalized spacial score (nSPS) is 13.2. The summed E-state index contributed by atoms with van der Waals surface area (Å²) in [5.74, 6) is -1.91. The highest BCUT2D eigenvalue weighted by molar-refractivity contribution is 7.87. The SMILES string of the molecule is CCOC(=O)/C=C(/CCN(C)C(=O)OC(C)(C)C)OS(=O)(=O)C(F)(F)F. The molecule has 0 radical (unpaired) electrons. The van der Waals surface area contributed by atoms with Crippen molar-refractivity contribution < 1.29 is 44.8 Å². The summed E-state index contributed by atoms with van der Waals surface area (Å²) < 4.78 is 73.1. The first-order valence-corrected chi connectivity index (χ1v) is 8.82. The van der Waals surface area contributed by atoms with Gasteiger partial charge in [0, 0.05) is 20.0 Å². The first-order chi connectivity index (χ1) is 11.6. The number of nitrogens with zero attached hydrogens (tertiary/aromatic N) is 1. The van der Waals surface area contributed by atoms with Crippen molar-refractivity contribution in [2.75, 3.05) is 20.2 Å². The molecule has 0 aromatic carbocycles. The fourth-order valence-electron chi connectivity index (χ4n) is 1.35. The highest BCUT2D eigenvalue weighted by atomic mass is 32.2. The second kappa shape index (κ2) is 9.10. The Hall–Kier alpha value is -1.98. The van der Waals surface area contributed by atoms with Crippen molar-refractivity contribution in [3.05, 3.63) is 11.8 Å². The summed E-state index contributed by atoms with van der Waals surface area (Å²) in [4.78, 5) is 24.2. The van der Waals surface area contributed by atoms with Crippen molar-refractivity contribution in [3.63, 3.8) is 0 Å². The molecule has 0 aromatic rings. The molecule has 152 valence electrons. The fraction of sp³-hybridized carbons (Fsp3) is 0.714. The number of carbonyl (C=O) groups is 2. The summed E-state index contributed by atoms with van der Waals surface area (Å²) in [5.41, 5.74) is -6.47. The van der Waals surface area contributed by atoms with E-state index < -0.39 is 45.5 Å². The Morgan fingerprint density at radius 1 is 1.15 bits per heavy atom. The molecule has 0 saturated heterocycles. The van der Waals surface area contributed by atoms with Crippen LogP contribution in [0.15, 0.2) is 11.8 Å². The Morgan fingerprint density at radius 2 is 1.69 bits per heavy atom. The van der Waals surface area contributed by atoms with Gasteiger partial charge in [-0.2, -0.15) is 21.6 Å². The third-order valence-electron chi connectivity index (χ3n) is 2.46. The predicted octanol–water partition coefficient (Wildman–Crippen LogP) is 2.56. The van der Waals surface area contributed by atoms with E-state index in [1.54, 1.807) is 20.8 Å². The van der Waals surface area contributed by atoms with Crippen LogP contribution >= 0.6 is 0 Å². The van der Waals surface area contributed by atoms with E-state index in [0.29, 0.717) is 6.08 Å². The van der Waals surface area contributed by atoms with Crippen molar-refractivity contribution in [1.82, 2.24) is 4.90 Å². The van der Waals surface area contributed by atoms with Gasteiger partial charge in [0.15, 0.2) is 0 Å². The summed E-state index contributed by atoms with van der Waals surface area (Å²) >= 11 is 0. The van der Waals surface area contributed by atoms with Crippen LogP contribution in [0, 0.1) is 0 Å². The van der Waals surface area contributed by atoms with Gasteiger partial charge in [0.1, 0.15) is 11.4 Å². The minimum atomic E-state index is -5.97. The number of amides is 1. The number of alkyl halides is 3. The monoisotopic (exact) mass is 405 g/mol. The van der Waals surface area contributed by atoms with Crippen LogP contribution in [0.25, 0.3) is 0 Å². The van der Waals surface area contributed by atoms with Crippen LogP contribution in [0.2, 0.25) is 0 Å². The van der Waals surface area contributed by atoms with Gasteiger partial charge >= 0.3 is 27.7 Å². The van der Waals surface area contributed by atoms with Gasteiger partial charge in [-0.15, -0.1) is 0 Å². The molecule has 0 bridgehead atoms. The highest BCUT2D eigenvalue weighted by Crippen LogP contribution is 2.27. The van der Waals surface area contributed by atoms with E-state index in [2.05, 4.69) is 8.92 Å². The first kappa shape index (κ1) is 24.0. The number of halogens is 3. The van der Waals surface area contributed by atoms with Crippen LogP contribution in [0.4, 0.5) is 18.0 Å². The van der Waals surface area contributed by atoms with E-state index in [-0.39, 0.29) is 13.2 Å². The lowest BCUT2D eigenvalue weighted by Gasteiger charge is -2.24. The van der Waals surface area contributed by atoms with E-state index in [1.807, 2.05) is 0 Å². The molecule has 0 fully saturated rings. The molecular formula is C14H22F3NO7S. The molecule has 12 heteroatoms. The Kier molecular flexibility index (Phi) is 8.41. The van der Waals surface area contributed by atoms with Crippen molar-refractivity contribution in [2.45, 2.75) is 45.2 Å². The van der Waals surface area contributed by atoms with Gasteiger partial charge in [0.25, 0.3) is 0 Å². The summed E-state index contributed by atoms with van der Waals surface area (Å²) in [6, 6.07) is 0. The van der Waals surface area contributed by atoms with E-state index >= 15 is 0 Å². The molecule has 1 amide bonds. The Bertz CT molecular complexity index is 636. The quantitative estimate of drug-likeness (QED) is 0.211. The van der Waals surface area contributed by atoms with Crippen LogP contribution in [0.5, 0.6) is 0 Å². The van der Waals surface area contributed by atoms with E-state index in [9.17, 15) is 31.2 Å². The third-order valence-corrected chi connectivity index (χ3v) is 3.46. The predicted molar refractivity (Wildman–Crippen MR) is 84.3 cm³/mol. The van der Waals surface area contributed by atoms with Crippen LogP contribution in [0.3, 0.4) is 0 Å². The summed E-state index contributed by atoms with van der Waals surface area (Å²) in [7, 11) is -4.68. The lowest BCUT2D eigenvalue weighted by atomic mass is 10.2. The average Bonchev–Trinajstić information content (AvgIpc) is 2.41. The standard InChI is InChI=1S/C14H22F3NO7S/c1-6-23-11(19)9-10(25-26(21,22)14(15,16)17)7-8-18(5)12(20)24-13(2,3)4/h9H,6-8H2,1-5H3/b10-9-. The first-order valence-electron chi connectivity index (χ1n) is 7.41. The van der Waals surface area contributed by atoms with Crippen molar-refractivity contribution in [1.29, 1.82) is 0 Å². The van der Waals surface area contributed by atoms with Gasteiger partial charge < -0.3 is 18.6 Å². The van der Waals surface area contributed by atoms with Gasteiger partial charge in [-0.1, -0.05) is 0 Å². The Labute approximate surface area is 150 Å². The van der Waals surface area contributed by atoms with E-state index in [1.165, 1.54) is 14.0 Å². The van der Waals surface area contributed by atoms with Gasteiger partial charge in [-0.05, 0) is 27.7 Å². The van der Waals surface area contributed by atoms with Crippen LogP contribution in [-0.2, 0) is 28.6 Å². The highest BCUT2D eigenvalue weighted by Gasteiger charge is 2.48. The maximum atomic E-state index is 12.5. The van der Waals surface area contributed by atoms with Gasteiger partial charge in [0.05, 0.1) is 12.7 Å². The Morgan fingerprint density at radius 3 is 2.12 bits per heavy atom. The maximum absolute atomic E-state index is 12.5. The lowest BCUT2D eigenvalue weighted by molar-refractivity contribution is -0.137. The molecule has 0 aromatic heterocycles. The van der Waals surface area contributed by atoms with Gasteiger partial charge in [0.2, 0.25) is 0 Å². The van der Waals surface area contributed by atoms with Crippen molar-refractivity contribution in [2.24, 2.45) is 0 Å². The molecule has 8 nitrogen and oxygen atoms in total. The molecule has 0 aliphatic rings. The second-order valence-corrected chi connectivity index (χ2v) is 7.54. The summed E-state index contributed by atoms with van der Waals surface area (Å²) in [6.07, 6.45) is -0.800. The Balaban J connectivity index is 5.21. The van der Waals surface area contributed by atoms with Crippen molar-refractivity contribution in [3.8, 4) is 0 Å². The van der Waals surface area contributed by atoms with Gasteiger partial charge in [-0.3, -0.25) is 0 Å². The number of rotatable bonds is 7. The number of ether oxygens (including phenoxy) is 2. The molecule has 0 heterocycles. The molecule has 0 spiro atoms. The number of hydrogen-bond donors (Lipinski definition) is 0. The summed E-state index contributed by atoms with van der Waals surface area (Å²) in [5, 5.41) is 0. The topological polar surface area (TPSA) is 99.2 Å². The number of hydrogen-bond acceptors (Lipinski definition) is 7. The molecule has 0 N–H and O–H groups in total. The van der Waals surface area contributed by atoms with Crippen molar-refractivity contribution >= 4 is 22.2 Å². The third kappa shape index (κ3) is 8.92. The lowest BCUT2D eigenvalue weighted by Crippen LogP contribution is -2.35. The zero-order valence-corrected chi connectivity index (χ0v) is 15.9. The maximum Gasteiger partial charge on any atom is 0.534 e. The van der Waals surface area contributed by atoms with E-state index in [4.69, 9.17) is 4.74 Å². The molecule has 0 saturated carbocycles. The van der Waals surface area contributed by atoms with Crippen LogP contribution in [0.1, 0.15) is 34.1 Å². The number of carbonyl (C=O) groups excluding carboxylic acids is 2. The zero-order valence-electron chi connectivity index (χ0n) is 15.0. The van der Waals surface area contributed by atoms with Crippen LogP contribution in [-0.4, -0.2) is 56.7 Å². The van der Waals surface area contributed by atoms with Gasteiger partial charge in [-0.25, -0.2) is 9.59 Å². The molecule has 0 aliphatic carbocycles. The fourth-order valence-corrected chi connectivity index (χ4v) is 1.86. The zero-order chi connectivity index (χ0) is 20.8. The largest absolute Gasteiger partial charge is 0.534 e. The second-order valence-electron chi connectivity index (χ2n) is 6.00.